The van der Waals surface area contributed by atoms with Gasteiger partial charge in [-0.2, -0.15) is 13.9 Å². The van der Waals surface area contributed by atoms with Gasteiger partial charge < -0.3 is 0 Å². The highest BCUT2D eigenvalue weighted by atomic mass is 19.3. The molecule has 0 bridgehead atoms. The van der Waals surface area contributed by atoms with Gasteiger partial charge in [0, 0.05) is 29.6 Å². The number of alkyl halides is 2. The lowest BCUT2D eigenvalue weighted by molar-refractivity contribution is 0.0665. The fourth-order valence-electron chi connectivity index (χ4n) is 3.15. The Balaban J connectivity index is 1.80. The summed E-state index contributed by atoms with van der Waals surface area (Å²) in [6, 6.07) is 20.3. The summed E-state index contributed by atoms with van der Waals surface area (Å²) >= 11 is 0. The number of rotatable bonds is 5. The summed E-state index contributed by atoms with van der Waals surface area (Å²) in [5, 5.41) is 4.36. The molecule has 0 N–H and O–H groups in total. The Morgan fingerprint density at radius 2 is 1.54 bits per heavy atom. The number of hydrogen-bond donors (Lipinski definition) is 0. The van der Waals surface area contributed by atoms with E-state index in [1.807, 2.05) is 60.7 Å². The maximum atomic E-state index is 13.3. The van der Waals surface area contributed by atoms with Crippen LogP contribution in [0.4, 0.5) is 8.78 Å². The van der Waals surface area contributed by atoms with E-state index in [9.17, 15) is 13.6 Å². The second kappa shape index (κ2) is 7.60. The first kappa shape index (κ1) is 17.9. The highest BCUT2D eigenvalue weighted by molar-refractivity contribution is 5.82. The number of benzene rings is 2. The molecular weight excluding hydrogens is 360 g/mol. The molecule has 0 radical (unpaired) electrons. The highest BCUT2D eigenvalue weighted by Crippen LogP contribution is 2.31. The van der Waals surface area contributed by atoms with Crippen LogP contribution < -0.4 is 5.56 Å². The molecular formula is C22H17F2N3O. The van der Waals surface area contributed by atoms with E-state index in [0.29, 0.717) is 27.8 Å². The van der Waals surface area contributed by atoms with Gasteiger partial charge in [0.25, 0.3) is 5.56 Å². The largest absolute Gasteiger partial charge is 0.321 e. The second-order valence-corrected chi connectivity index (χ2v) is 6.40. The van der Waals surface area contributed by atoms with Gasteiger partial charge in [-0.25, -0.2) is 0 Å². The zero-order valence-electron chi connectivity index (χ0n) is 14.9. The van der Waals surface area contributed by atoms with E-state index in [0.717, 1.165) is 11.1 Å². The van der Waals surface area contributed by atoms with Crippen LogP contribution in [0, 0.1) is 0 Å². The third kappa shape index (κ3) is 3.62. The number of pyridine rings is 1. The molecule has 0 aliphatic carbocycles. The first-order valence-corrected chi connectivity index (χ1v) is 8.78. The van der Waals surface area contributed by atoms with E-state index >= 15 is 0 Å². The van der Waals surface area contributed by atoms with Crippen molar-refractivity contribution in [2.45, 2.75) is 13.1 Å². The molecule has 28 heavy (non-hydrogen) atoms. The fraction of sp³-hybridized carbons (Fsp3) is 0.0909. The lowest BCUT2D eigenvalue weighted by atomic mass is 9.98. The van der Waals surface area contributed by atoms with Crippen molar-refractivity contribution in [2.24, 2.45) is 0 Å². The normalized spacial score (nSPS) is 11.1. The van der Waals surface area contributed by atoms with E-state index in [1.165, 1.54) is 12.3 Å². The van der Waals surface area contributed by atoms with Gasteiger partial charge in [0.1, 0.15) is 0 Å². The quantitative estimate of drug-likeness (QED) is 0.500. The average molecular weight is 377 g/mol. The topological polar surface area (TPSA) is 39.8 Å². The fourth-order valence-corrected chi connectivity index (χ4v) is 3.15. The molecule has 6 heteroatoms. The maximum Gasteiger partial charge on any atom is 0.321 e. The number of nitrogens with zero attached hydrogens (tertiary/aromatic N) is 3. The van der Waals surface area contributed by atoms with E-state index in [4.69, 9.17) is 0 Å². The number of aromatic nitrogens is 3. The molecule has 2 heterocycles. The van der Waals surface area contributed by atoms with E-state index in [-0.39, 0.29) is 0 Å². The monoisotopic (exact) mass is 377 g/mol. The zero-order valence-corrected chi connectivity index (χ0v) is 14.9. The van der Waals surface area contributed by atoms with Crippen LogP contribution in [0.3, 0.4) is 0 Å². The van der Waals surface area contributed by atoms with Gasteiger partial charge in [-0.15, -0.1) is 0 Å². The van der Waals surface area contributed by atoms with E-state index < -0.39 is 12.1 Å². The summed E-state index contributed by atoms with van der Waals surface area (Å²) < 4.78 is 28.8. The molecule has 0 aliphatic heterocycles. The lowest BCUT2D eigenvalue weighted by Gasteiger charge is -2.12. The van der Waals surface area contributed by atoms with Gasteiger partial charge in [0.15, 0.2) is 0 Å². The molecule has 0 amide bonds. The van der Waals surface area contributed by atoms with Crippen LogP contribution >= 0.6 is 0 Å². The predicted octanol–water partition coefficient (Wildman–Crippen LogP) is 4.82. The Morgan fingerprint density at radius 1 is 0.857 bits per heavy atom. The van der Waals surface area contributed by atoms with Crippen LogP contribution in [0.1, 0.15) is 12.1 Å². The van der Waals surface area contributed by atoms with Crippen molar-refractivity contribution in [3.8, 4) is 22.3 Å². The summed E-state index contributed by atoms with van der Waals surface area (Å²) in [6.07, 6.45) is 4.64. The van der Waals surface area contributed by atoms with Gasteiger partial charge in [-0.3, -0.25) is 14.0 Å². The third-order valence-electron chi connectivity index (χ3n) is 4.51. The van der Waals surface area contributed by atoms with Gasteiger partial charge in [-0.1, -0.05) is 60.7 Å². The minimum absolute atomic E-state index is 0.441. The molecule has 4 rings (SSSR count). The molecule has 0 spiro atoms. The number of halogens is 2. The molecule has 0 saturated carbocycles. The van der Waals surface area contributed by atoms with Crippen LogP contribution in [-0.4, -0.2) is 14.3 Å². The molecule has 140 valence electrons. The molecule has 2 aromatic heterocycles. The summed E-state index contributed by atoms with van der Waals surface area (Å²) in [7, 11) is 0. The molecule has 4 nitrogen and oxygen atoms in total. The first-order valence-electron chi connectivity index (χ1n) is 8.78. The highest BCUT2D eigenvalue weighted by Gasteiger charge is 2.16. The SMILES string of the molecule is O=c1cc(-c2ccccc2)c(-c2cnn(Cc3ccccc3)c2)cn1C(F)F. The lowest BCUT2D eigenvalue weighted by Crippen LogP contribution is -2.20. The summed E-state index contributed by atoms with van der Waals surface area (Å²) in [4.78, 5) is 12.1. The standard InChI is InChI=1S/C22H17F2N3O/c23-22(24)27-15-20(19(11-21(27)28)17-9-5-2-6-10-17)18-12-25-26(14-18)13-16-7-3-1-4-8-16/h1-12,14-15,22H,13H2. The Morgan fingerprint density at radius 3 is 2.21 bits per heavy atom. The summed E-state index contributed by atoms with van der Waals surface area (Å²) in [5.41, 5.74) is 2.93. The van der Waals surface area contributed by atoms with Crippen molar-refractivity contribution in [1.82, 2.24) is 14.3 Å². The van der Waals surface area contributed by atoms with Gasteiger partial charge in [-0.05, 0) is 16.7 Å². The maximum absolute atomic E-state index is 13.3. The smallest absolute Gasteiger partial charge is 0.269 e. The Bertz CT molecular complexity index is 1140. The Labute approximate surface area is 160 Å². The number of hydrogen-bond acceptors (Lipinski definition) is 2. The van der Waals surface area contributed by atoms with Gasteiger partial charge in [0.2, 0.25) is 0 Å². The molecule has 0 atom stereocenters. The zero-order chi connectivity index (χ0) is 19.5. The summed E-state index contributed by atoms with van der Waals surface area (Å²) in [5.74, 6) is 0. The van der Waals surface area contributed by atoms with Crippen molar-refractivity contribution in [3.63, 3.8) is 0 Å². The molecule has 0 fully saturated rings. The van der Waals surface area contributed by atoms with Crippen molar-refractivity contribution in [2.75, 3.05) is 0 Å². The first-order chi connectivity index (χ1) is 13.6. The van der Waals surface area contributed by atoms with Crippen molar-refractivity contribution in [3.05, 3.63) is 101 Å². The van der Waals surface area contributed by atoms with Crippen LogP contribution in [0.5, 0.6) is 0 Å². The Kier molecular flexibility index (Phi) is 4.85. The van der Waals surface area contributed by atoms with Crippen molar-refractivity contribution < 1.29 is 8.78 Å². The van der Waals surface area contributed by atoms with Crippen LogP contribution in [0.15, 0.2) is 90.1 Å². The van der Waals surface area contributed by atoms with Crippen LogP contribution in [0.2, 0.25) is 0 Å². The summed E-state index contributed by atoms with van der Waals surface area (Å²) in [6.45, 7) is -2.34. The molecule has 0 aliphatic rings. The second-order valence-electron chi connectivity index (χ2n) is 6.40. The van der Waals surface area contributed by atoms with Crippen molar-refractivity contribution in [1.29, 1.82) is 0 Å². The average Bonchev–Trinajstić information content (AvgIpc) is 3.17. The van der Waals surface area contributed by atoms with Crippen LogP contribution in [-0.2, 0) is 6.54 Å². The molecule has 0 unspecified atom stereocenters. The molecule has 4 aromatic rings. The minimum Gasteiger partial charge on any atom is -0.269 e. The molecule has 0 saturated heterocycles. The van der Waals surface area contributed by atoms with Crippen molar-refractivity contribution >= 4 is 0 Å². The van der Waals surface area contributed by atoms with Crippen LogP contribution in [0.25, 0.3) is 22.3 Å². The van der Waals surface area contributed by atoms with E-state index in [2.05, 4.69) is 5.10 Å². The molecule has 2 aromatic carbocycles. The minimum atomic E-state index is -2.91. The Hall–Kier alpha value is -3.54. The van der Waals surface area contributed by atoms with E-state index in [1.54, 1.807) is 17.1 Å². The third-order valence-corrected chi connectivity index (χ3v) is 4.51. The van der Waals surface area contributed by atoms with Gasteiger partial charge >= 0.3 is 6.55 Å². The van der Waals surface area contributed by atoms with Gasteiger partial charge in [0.05, 0.1) is 12.7 Å². The predicted molar refractivity (Wildman–Crippen MR) is 104 cm³/mol.